The fraction of sp³-hybridized carbons (Fsp3) is 0.529. The van der Waals surface area contributed by atoms with Gasteiger partial charge in [0.05, 0.1) is 6.54 Å². The van der Waals surface area contributed by atoms with E-state index in [0.717, 1.165) is 11.5 Å². The SMILES string of the molecule is CC1CCC(N(C)Cc2nc(-c3ccc(F)cc3)no2)CC1. The van der Waals surface area contributed by atoms with Crippen molar-refractivity contribution in [2.75, 3.05) is 7.05 Å². The van der Waals surface area contributed by atoms with Crippen LogP contribution in [-0.2, 0) is 6.54 Å². The highest BCUT2D eigenvalue weighted by atomic mass is 19.1. The van der Waals surface area contributed by atoms with Gasteiger partial charge in [-0.05, 0) is 62.9 Å². The van der Waals surface area contributed by atoms with Crippen molar-refractivity contribution in [3.8, 4) is 11.4 Å². The van der Waals surface area contributed by atoms with Crippen LogP contribution in [0.4, 0.5) is 4.39 Å². The summed E-state index contributed by atoms with van der Waals surface area (Å²) in [4.78, 5) is 6.72. The molecular formula is C17H22FN3O. The summed E-state index contributed by atoms with van der Waals surface area (Å²) in [5.74, 6) is 1.71. The predicted molar refractivity (Wildman–Crippen MR) is 82.6 cm³/mol. The minimum atomic E-state index is -0.265. The molecule has 118 valence electrons. The average Bonchev–Trinajstić information content (AvgIpc) is 2.97. The second-order valence-corrected chi connectivity index (χ2v) is 6.35. The van der Waals surface area contributed by atoms with Gasteiger partial charge in [0.25, 0.3) is 0 Å². The molecule has 3 rings (SSSR count). The highest BCUT2D eigenvalue weighted by molar-refractivity contribution is 5.53. The van der Waals surface area contributed by atoms with Crippen molar-refractivity contribution in [1.82, 2.24) is 15.0 Å². The number of hydrogen-bond donors (Lipinski definition) is 0. The molecular weight excluding hydrogens is 281 g/mol. The molecule has 0 radical (unpaired) electrons. The standard InChI is InChI=1S/C17H22FN3O/c1-12-3-9-15(10-4-12)21(2)11-16-19-17(20-22-16)13-5-7-14(18)8-6-13/h5-8,12,15H,3-4,9-11H2,1-2H3. The molecule has 0 amide bonds. The average molecular weight is 303 g/mol. The van der Waals surface area contributed by atoms with Gasteiger partial charge in [-0.15, -0.1) is 0 Å². The Bertz CT molecular complexity index is 603. The van der Waals surface area contributed by atoms with Crippen molar-refractivity contribution in [3.63, 3.8) is 0 Å². The molecule has 2 aromatic rings. The lowest BCUT2D eigenvalue weighted by Crippen LogP contribution is -2.34. The van der Waals surface area contributed by atoms with E-state index in [1.54, 1.807) is 12.1 Å². The van der Waals surface area contributed by atoms with Crippen LogP contribution >= 0.6 is 0 Å². The summed E-state index contributed by atoms with van der Waals surface area (Å²) in [7, 11) is 2.11. The molecule has 0 atom stereocenters. The number of nitrogens with zero attached hydrogens (tertiary/aromatic N) is 3. The number of aromatic nitrogens is 2. The number of benzene rings is 1. The second kappa shape index (κ2) is 6.57. The van der Waals surface area contributed by atoms with Crippen LogP contribution in [0.25, 0.3) is 11.4 Å². The number of rotatable bonds is 4. The molecule has 5 heteroatoms. The second-order valence-electron chi connectivity index (χ2n) is 6.35. The van der Waals surface area contributed by atoms with E-state index in [1.165, 1.54) is 37.8 Å². The van der Waals surface area contributed by atoms with Crippen molar-refractivity contribution < 1.29 is 8.91 Å². The summed E-state index contributed by atoms with van der Waals surface area (Å²) >= 11 is 0. The monoisotopic (exact) mass is 303 g/mol. The maximum absolute atomic E-state index is 12.9. The summed E-state index contributed by atoms with van der Waals surface area (Å²) in [6, 6.07) is 6.73. The van der Waals surface area contributed by atoms with Crippen LogP contribution in [0, 0.1) is 11.7 Å². The van der Waals surface area contributed by atoms with Crippen molar-refractivity contribution >= 4 is 0 Å². The fourth-order valence-electron chi connectivity index (χ4n) is 3.06. The zero-order chi connectivity index (χ0) is 15.5. The smallest absolute Gasteiger partial charge is 0.241 e. The Kier molecular flexibility index (Phi) is 4.52. The third kappa shape index (κ3) is 3.53. The molecule has 1 saturated carbocycles. The Morgan fingerprint density at radius 1 is 1.18 bits per heavy atom. The molecule has 1 heterocycles. The lowest BCUT2D eigenvalue weighted by Gasteiger charge is -2.32. The third-order valence-corrected chi connectivity index (χ3v) is 4.56. The van der Waals surface area contributed by atoms with Gasteiger partial charge in [-0.1, -0.05) is 12.1 Å². The Hall–Kier alpha value is -1.75. The van der Waals surface area contributed by atoms with Gasteiger partial charge >= 0.3 is 0 Å². The van der Waals surface area contributed by atoms with Crippen molar-refractivity contribution in [3.05, 3.63) is 36.0 Å². The maximum atomic E-state index is 12.9. The van der Waals surface area contributed by atoms with Gasteiger partial charge in [0, 0.05) is 11.6 Å². The molecule has 0 bridgehead atoms. The normalized spacial score (nSPS) is 22.2. The van der Waals surface area contributed by atoms with E-state index in [9.17, 15) is 4.39 Å². The van der Waals surface area contributed by atoms with Crippen molar-refractivity contribution in [2.45, 2.75) is 45.2 Å². The Labute approximate surface area is 130 Å². The van der Waals surface area contributed by atoms with Crippen LogP contribution in [0.1, 0.15) is 38.5 Å². The van der Waals surface area contributed by atoms with E-state index in [0.29, 0.717) is 24.3 Å². The summed E-state index contributed by atoms with van der Waals surface area (Å²) in [6.45, 7) is 2.98. The molecule has 0 saturated heterocycles. The Balaban J connectivity index is 1.63. The first-order valence-corrected chi connectivity index (χ1v) is 7.90. The molecule has 0 unspecified atom stereocenters. The van der Waals surface area contributed by atoms with Crippen molar-refractivity contribution in [2.24, 2.45) is 5.92 Å². The van der Waals surface area contributed by atoms with Crippen LogP contribution < -0.4 is 0 Å². The first kappa shape index (κ1) is 15.2. The largest absolute Gasteiger partial charge is 0.338 e. The minimum Gasteiger partial charge on any atom is -0.338 e. The molecule has 0 spiro atoms. The topological polar surface area (TPSA) is 42.2 Å². The van der Waals surface area contributed by atoms with Gasteiger partial charge in [0.15, 0.2) is 0 Å². The van der Waals surface area contributed by atoms with E-state index >= 15 is 0 Å². The molecule has 4 nitrogen and oxygen atoms in total. The molecule has 0 aliphatic heterocycles. The fourth-order valence-corrected chi connectivity index (χ4v) is 3.06. The van der Waals surface area contributed by atoms with Crippen LogP contribution in [-0.4, -0.2) is 28.1 Å². The van der Waals surface area contributed by atoms with Gasteiger partial charge in [-0.3, -0.25) is 4.90 Å². The Morgan fingerprint density at radius 2 is 1.86 bits per heavy atom. The first-order chi connectivity index (χ1) is 10.6. The van der Waals surface area contributed by atoms with Gasteiger partial charge in [0.1, 0.15) is 5.82 Å². The summed E-state index contributed by atoms with van der Waals surface area (Å²) < 4.78 is 18.3. The molecule has 1 aliphatic carbocycles. The van der Waals surface area contributed by atoms with Gasteiger partial charge < -0.3 is 4.52 Å². The molecule has 1 aromatic heterocycles. The highest BCUT2D eigenvalue weighted by Gasteiger charge is 2.23. The van der Waals surface area contributed by atoms with Crippen LogP contribution in [0.5, 0.6) is 0 Å². The lowest BCUT2D eigenvalue weighted by atomic mass is 9.87. The maximum Gasteiger partial charge on any atom is 0.241 e. The third-order valence-electron chi connectivity index (χ3n) is 4.56. The van der Waals surface area contributed by atoms with E-state index in [2.05, 4.69) is 29.0 Å². The van der Waals surface area contributed by atoms with Crippen LogP contribution in [0.3, 0.4) is 0 Å². The summed E-state index contributed by atoms with van der Waals surface area (Å²) in [5.41, 5.74) is 0.769. The Morgan fingerprint density at radius 3 is 2.55 bits per heavy atom. The highest BCUT2D eigenvalue weighted by Crippen LogP contribution is 2.27. The van der Waals surface area contributed by atoms with E-state index in [4.69, 9.17) is 4.52 Å². The first-order valence-electron chi connectivity index (χ1n) is 7.90. The molecule has 1 aliphatic rings. The van der Waals surface area contributed by atoms with Crippen molar-refractivity contribution in [1.29, 1.82) is 0 Å². The molecule has 0 N–H and O–H groups in total. The quantitative estimate of drug-likeness (QED) is 0.859. The van der Waals surface area contributed by atoms with Crippen LogP contribution in [0.2, 0.25) is 0 Å². The molecule has 1 fully saturated rings. The van der Waals surface area contributed by atoms with Gasteiger partial charge in [-0.25, -0.2) is 4.39 Å². The summed E-state index contributed by atoms with van der Waals surface area (Å²) in [5, 5.41) is 3.99. The predicted octanol–water partition coefficient (Wildman–Crippen LogP) is 3.89. The van der Waals surface area contributed by atoms with Crippen LogP contribution in [0.15, 0.2) is 28.8 Å². The zero-order valence-electron chi connectivity index (χ0n) is 13.1. The number of halogens is 1. The zero-order valence-corrected chi connectivity index (χ0v) is 13.1. The van der Waals surface area contributed by atoms with Gasteiger partial charge in [-0.2, -0.15) is 4.98 Å². The van der Waals surface area contributed by atoms with E-state index in [1.807, 2.05) is 0 Å². The van der Waals surface area contributed by atoms with Gasteiger partial charge in [0.2, 0.25) is 11.7 Å². The molecule has 1 aromatic carbocycles. The molecule has 22 heavy (non-hydrogen) atoms. The lowest BCUT2D eigenvalue weighted by molar-refractivity contribution is 0.148. The van der Waals surface area contributed by atoms with E-state index < -0.39 is 0 Å². The van der Waals surface area contributed by atoms with E-state index in [-0.39, 0.29) is 5.82 Å². The number of hydrogen-bond acceptors (Lipinski definition) is 4. The summed E-state index contributed by atoms with van der Waals surface area (Å²) in [6.07, 6.45) is 5.05. The minimum absolute atomic E-state index is 0.265.